The van der Waals surface area contributed by atoms with Crippen molar-refractivity contribution >= 4 is 23.7 Å². The Hall–Kier alpha value is -3.09. The van der Waals surface area contributed by atoms with E-state index in [1.165, 1.54) is 6.92 Å². The summed E-state index contributed by atoms with van der Waals surface area (Å²) >= 11 is 0. The first-order valence-corrected chi connectivity index (χ1v) is 7.34. The van der Waals surface area contributed by atoms with Crippen LogP contribution in [0.4, 0.5) is 5.88 Å². The van der Waals surface area contributed by atoms with Crippen molar-refractivity contribution < 1.29 is 23.5 Å². The number of nitrogens with one attached hydrogen (secondary N) is 1. The van der Waals surface area contributed by atoms with Crippen molar-refractivity contribution in [1.82, 2.24) is 0 Å². The van der Waals surface area contributed by atoms with Crippen LogP contribution in [0.5, 0.6) is 0 Å². The minimum absolute atomic E-state index is 0.0792. The molecule has 24 heavy (non-hydrogen) atoms. The summed E-state index contributed by atoms with van der Waals surface area (Å²) in [6.07, 6.45) is 0. The smallest absolute Gasteiger partial charge is 0.342 e. The quantitative estimate of drug-likeness (QED) is 0.818. The van der Waals surface area contributed by atoms with Crippen molar-refractivity contribution in [2.24, 2.45) is 5.73 Å². The SMILES string of the molecule is CCOC(=O)c1c(C)oc(NC(=O)c2ccccc2C)c1C(N)=O. The maximum atomic E-state index is 12.4. The average Bonchev–Trinajstić information content (AvgIpc) is 2.84. The Morgan fingerprint density at radius 2 is 1.83 bits per heavy atom. The Kier molecular flexibility index (Phi) is 5.03. The van der Waals surface area contributed by atoms with Gasteiger partial charge in [-0.25, -0.2) is 4.79 Å². The van der Waals surface area contributed by atoms with Crippen molar-refractivity contribution in [3.63, 3.8) is 0 Å². The van der Waals surface area contributed by atoms with Gasteiger partial charge in [0.25, 0.3) is 11.8 Å². The molecule has 0 aliphatic rings. The van der Waals surface area contributed by atoms with Gasteiger partial charge >= 0.3 is 5.97 Å². The van der Waals surface area contributed by atoms with E-state index in [2.05, 4.69) is 5.32 Å². The Labute approximate surface area is 138 Å². The number of hydrogen-bond donors (Lipinski definition) is 2. The fraction of sp³-hybridized carbons (Fsp3) is 0.235. The third-order valence-electron chi connectivity index (χ3n) is 3.43. The second-order valence-corrected chi connectivity index (χ2v) is 5.09. The summed E-state index contributed by atoms with van der Waals surface area (Å²) < 4.78 is 10.3. The van der Waals surface area contributed by atoms with Gasteiger partial charge in [-0.05, 0) is 32.4 Å². The van der Waals surface area contributed by atoms with Crippen molar-refractivity contribution in [3.8, 4) is 0 Å². The third-order valence-corrected chi connectivity index (χ3v) is 3.43. The van der Waals surface area contributed by atoms with E-state index in [-0.39, 0.29) is 29.4 Å². The molecule has 0 radical (unpaired) electrons. The molecule has 1 aromatic carbocycles. The van der Waals surface area contributed by atoms with Gasteiger partial charge in [0.05, 0.1) is 6.61 Å². The number of ether oxygens (including phenoxy) is 1. The summed E-state index contributed by atoms with van der Waals surface area (Å²) in [4.78, 5) is 36.2. The molecule has 0 bridgehead atoms. The maximum absolute atomic E-state index is 12.4. The molecule has 0 aliphatic carbocycles. The predicted molar refractivity (Wildman–Crippen MR) is 87.1 cm³/mol. The van der Waals surface area contributed by atoms with E-state index in [1.807, 2.05) is 0 Å². The van der Waals surface area contributed by atoms with E-state index < -0.39 is 17.8 Å². The average molecular weight is 330 g/mol. The van der Waals surface area contributed by atoms with Crippen LogP contribution < -0.4 is 11.1 Å². The Bertz CT molecular complexity index is 807. The number of carbonyl (C=O) groups is 3. The van der Waals surface area contributed by atoms with Gasteiger partial charge in [0, 0.05) is 5.56 Å². The van der Waals surface area contributed by atoms with Crippen LogP contribution in [-0.2, 0) is 4.74 Å². The summed E-state index contributed by atoms with van der Waals surface area (Å²) in [5.41, 5.74) is 6.24. The largest absolute Gasteiger partial charge is 0.462 e. The highest BCUT2D eigenvalue weighted by molar-refractivity contribution is 6.12. The third kappa shape index (κ3) is 3.29. The molecule has 1 heterocycles. The lowest BCUT2D eigenvalue weighted by Crippen LogP contribution is -2.20. The van der Waals surface area contributed by atoms with Crippen LogP contribution in [0.25, 0.3) is 0 Å². The Balaban J connectivity index is 2.43. The summed E-state index contributed by atoms with van der Waals surface area (Å²) in [7, 11) is 0. The van der Waals surface area contributed by atoms with Crippen LogP contribution in [0.1, 0.15) is 49.3 Å². The molecule has 2 rings (SSSR count). The van der Waals surface area contributed by atoms with Gasteiger partial charge < -0.3 is 14.9 Å². The molecule has 0 atom stereocenters. The molecule has 126 valence electrons. The fourth-order valence-corrected chi connectivity index (χ4v) is 2.31. The predicted octanol–water partition coefficient (Wildman–Crippen LogP) is 2.42. The highest BCUT2D eigenvalue weighted by Gasteiger charge is 2.29. The van der Waals surface area contributed by atoms with Crippen LogP contribution in [0.3, 0.4) is 0 Å². The van der Waals surface area contributed by atoms with Gasteiger partial charge in [-0.1, -0.05) is 18.2 Å². The lowest BCUT2D eigenvalue weighted by molar-refractivity contribution is 0.0521. The number of furan rings is 1. The number of esters is 1. The van der Waals surface area contributed by atoms with Crippen molar-refractivity contribution in [2.75, 3.05) is 11.9 Å². The molecule has 1 aromatic heterocycles. The molecule has 7 heteroatoms. The topological polar surface area (TPSA) is 112 Å². The molecule has 0 saturated heterocycles. The lowest BCUT2D eigenvalue weighted by Gasteiger charge is -2.06. The van der Waals surface area contributed by atoms with Crippen LogP contribution in [-0.4, -0.2) is 24.4 Å². The van der Waals surface area contributed by atoms with Gasteiger partial charge in [0.1, 0.15) is 16.9 Å². The van der Waals surface area contributed by atoms with E-state index in [0.29, 0.717) is 5.56 Å². The molecule has 0 aliphatic heterocycles. The number of hydrogen-bond acceptors (Lipinski definition) is 5. The molecule has 0 spiro atoms. The summed E-state index contributed by atoms with van der Waals surface area (Å²) in [6, 6.07) is 6.93. The zero-order valence-corrected chi connectivity index (χ0v) is 13.6. The molecule has 2 amide bonds. The van der Waals surface area contributed by atoms with Crippen molar-refractivity contribution in [1.29, 1.82) is 0 Å². The van der Waals surface area contributed by atoms with Crippen LogP contribution >= 0.6 is 0 Å². The zero-order chi connectivity index (χ0) is 17.9. The van der Waals surface area contributed by atoms with Crippen molar-refractivity contribution in [3.05, 3.63) is 52.3 Å². The van der Waals surface area contributed by atoms with Crippen molar-refractivity contribution in [2.45, 2.75) is 20.8 Å². The second-order valence-electron chi connectivity index (χ2n) is 5.09. The van der Waals surface area contributed by atoms with E-state index in [1.54, 1.807) is 38.1 Å². The lowest BCUT2D eigenvalue weighted by atomic mass is 10.1. The molecule has 2 aromatic rings. The highest BCUT2D eigenvalue weighted by atomic mass is 16.5. The van der Waals surface area contributed by atoms with E-state index in [9.17, 15) is 14.4 Å². The fourth-order valence-electron chi connectivity index (χ4n) is 2.31. The van der Waals surface area contributed by atoms with E-state index in [0.717, 1.165) is 5.56 Å². The molecule has 3 N–H and O–H groups in total. The molecular formula is C17H18N2O5. The molecule has 0 saturated carbocycles. The highest BCUT2D eigenvalue weighted by Crippen LogP contribution is 2.28. The molecular weight excluding hydrogens is 312 g/mol. The standard InChI is InChI=1S/C17H18N2O5/c1-4-23-17(22)12-10(3)24-16(13(12)14(18)20)19-15(21)11-8-6-5-7-9(11)2/h5-8H,4H2,1-3H3,(H2,18,20)(H,19,21). The van der Waals surface area contributed by atoms with Gasteiger partial charge in [-0.3, -0.25) is 14.9 Å². The number of aryl methyl sites for hydroxylation is 2. The van der Waals surface area contributed by atoms with Crippen LogP contribution in [0, 0.1) is 13.8 Å². The first-order valence-electron chi connectivity index (χ1n) is 7.34. The Morgan fingerprint density at radius 1 is 1.17 bits per heavy atom. The van der Waals surface area contributed by atoms with E-state index >= 15 is 0 Å². The number of benzene rings is 1. The van der Waals surface area contributed by atoms with Crippen LogP contribution in [0.2, 0.25) is 0 Å². The van der Waals surface area contributed by atoms with Gasteiger partial charge in [0.15, 0.2) is 0 Å². The molecule has 0 fully saturated rings. The molecule has 7 nitrogen and oxygen atoms in total. The summed E-state index contributed by atoms with van der Waals surface area (Å²) in [5.74, 6) is -2.13. The minimum Gasteiger partial charge on any atom is -0.462 e. The number of rotatable bonds is 5. The number of amides is 2. The first kappa shape index (κ1) is 17.3. The van der Waals surface area contributed by atoms with Gasteiger partial charge in [0.2, 0.25) is 5.88 Å². The van der Waals surface area contributed by atoms with E-state index in [4.69, 9.17) is 14.9 Å². The second kappa shape index (κ2) is 6.99. The minimum atomic E-state index is -0.894. The normalized spacial score (nSPS) is 10.3. The Morgan fingerprint density at radius 3 is 2.42 bits per heavy atom. The number of carbonyl (C=O) groups excluding carboxylic acids is 3. The summed E-state index contributed by atoms with van der Waals surface area (Å²) in [5, 5.41) is 2.49. The zero-order valence-electron chi connectivity index (χ0n) is 13.6. The number of nitrogens with two attached hydrogens (primary N) is 1. The van der Waals surface area contributed by atoms with Gasteiger partial charge in [-0.15, -0.1) is 0 Å². The number of anilines is 1. The monoisotopic (exact) mass is 330 g/mol. The number of primary amides is 1. The van der Waals surface area contributed by atoms with Gasteiger partial charge in [-0.2, -0.15) is 0 Å². The summed E-state index contributed by atoms with van der Waals surface area (Å²) in [6.45, 7) is 5.04. The first-order chi connectivity index (χ1) is 11.4. The molecule has 0 unspecified atom stereocenters. The van der Waals surface area contributed by atoms with Crippen LogP contribution in [0.15, 0.2) is 28.7 Å². The maximum Gasteiger partial charge on any atom is 0.342 e.